The molecule has 3 rings (SSSR count). The van der Waals surface area contributed by atoms with Gasteiger partial charge in [0.2, 0.25) is 11.0 Å². The zero-order valence-corrected chi connectivity index (χ0v) is 8.82. The van der Waals surface area contributed by atoms with E-state index < -0.39 is 0 Å². The standard InChI is InChI=1S/C12H8NOP/c14-13-9-5-1-3-7-11(9)15-12-8-4-2-6-10(12)13/h1-8H. The van der Waals surface area contributed by atoms with E-state index in [1.165, 1.54) is 0 Å². The number of benzene rings is 2. The molecule has 72 valence electrons. The maximum atomic E-state index is 12.0. The van der Waals surface area contributed by atoms with Crippen molar-refractivity contribution in [2.45, 2.75) is 0 Å². The average Bonchev–Trinajstić information content (AvgIpc) is 2.30. The molecule has 2 nitrogen and oxygen atoms in total. The smallest absolute Gasteiger partial charge is 0.228 e. The van der Waals surface area contributed by atoms with Gasteiger partial charge in [-0.2, -0.15) is 4.73 Å². The van der Waals surface area contributed by atoms with Crippen LogP contribution in [0.5, 0.6) is 0 Å². The lowest BCUT2D eigenvalue weighted by Crippen LogP contribution is -2.27. The van der Waals surface area contributed by atoms with E-state index in [1.807, 2.05) is 48.5 Å². The van der Waals surface area contributed by atoms with Gasteiger partial charge >= 0.3 is 0 Å². The largest absolute Gasteiger partial charge is 0.618 e. The van der Waals surface area contributed by atoms with Crippen LogP contribution < -0.4 is 4.73 Å². The second kappa shape index (κ2) is 3.18. The van der Waals surface area contributed by atoms with Crippen molar-refractivity contribution in [1.29, 1.82) is 0 Å². The highest BCUT2D eigenvalue weighted by molar-refractivity contribution is 7.42. The fourth-order valence-corrected chi connectivity index (χ4v) is 2.86. The van der Waals surface area contributed by atoms with Gasteiger partial charge in [-0.15, -0.1) is 0 Å². The van der Waals surface area contributed by atoms with Crippen LogP contribution >= 0.6 is 8.19 Å². The van der Waals surface area contributed by atoms with Crippen molar-refractivity contribution in [1.82, 2.24) is 0 Å². The topological polar surface area (TPSA) is 26.9 Å². The molecule has 0 amide bonds. The van der Waals surface area contributed by atoms with E-state index in [0.717, 1.165) is 34.2 Å². The summed E-state index contributed by atoms with van der Waals surface area (Å²) in [6.07, 6.45) is 0. The molecule has 1 heterocycles. The molecule has 0 bridgehead atoms. The Balaban J connectivity index is 2.60. The van der Waals surface area contributed by atoms with Crippen molar-refractivity contribution in [2.24, 2.45) is 0 Å². The summed E-state index contributed by atoms with van der Waals surface area (Å²) < 4.78 is 1.02. The van der Waals surface area contributed by atoms with Crippen molar-refractivity contribution in [2.75, 3.05) is 0 Å². The SMILES string of the molecule is [O-][n+]1c2ccccc2pc2ccccc21. The molecule has 3 aromatic rings. The van der Waals surface area contributed by atoms with E-state index in [2.05, 4.69) is 0 Å². The monoisotopic (exact) mass is 213 g/mol. The minimum Gasteiger partial charge on any atom is -0.618 e. The Hall–Kier alpha value is -1.66. The third-order valence-electron chi connectivity index (χ3n) is 2.44. The van der Waals surface area contributed by atoms with Crippen LogP contribution in [0.1, 0.15) is 0 Å². The van der Waals surface area contributed by atoms with E-state index in [1.54, 1.807) is 0 Å². The minimum absolute atomic E-state index is 0.762. The van der Waals surface area contributed by atoms with Gasteiger partial charge in [-0.1, -0.05) is 24.3 Å². The predicted molar refractivity (Wildman–Crippen MR) is 62.9 cm³/mol. The summed E-state index contributed by atoms with van der Waals surface area (Å²) in [6.45, 7) is 0. The number of hydrogen-bond donors (Lipinski definition) is 0. The van der Waals surface area contributed by atoms with Gasteiger partial charge < -0.3 is 5.21 Å². The Morgan fingerprint density at radius 2 is 1.27 bits per heavy atom. The first-order valence-corrected chi connectivity index (χ1v) is 5.63. The van der Waals surface area contributed by atoms with Gasteiger partial charge in [0, 0.05) is 12.1 Å². The lowest BCUT2D eigenvalue weighted by Gasteiger charge is -2.04. The highest BCUT2D eigenvalue weighted by Crippen LogP contribution is 2.28. The number of fused-ring (bicyclic) bond motifs is 2. The molecule has 3 heteroatoms. The first-order chi connectivity index (χ1) is 7.36. The minimum atomic E-state index is 0.762. The van der Waals surface area contributed by atoms with Crippen LogP contribution in [0.4, 0.5) is 0 Å². The first kappa shape index (κ1) is 8.63. The van der Waals surface area contributed by atoms with Gasteiger partial charge in [-0.05, 0) is 20.3 Å². The predicted octanol–water partition coefficient (Wildman–Crippen LogP) is 3.21. The molecule has 0 aliphatic heterocycles. The zero-order chi connectivity index (χ0) is 10.3. The molecule has 0 spiro atoms. The van der Waals surface area contributed by atoms with Gasteiger partial charge in [0.1, 0.15) is 0 Å². The molecule has 0 unspecified atom stereocenters. The van der Waals surface area contributed by atoms with E-state index in [9.17, 15) is 5.21 Å². The van der Waals surface area contributed by atoms with Crippen molar-refractivity contribution in [3.8, 4) is 0 Å². The van der Waals surface area contributed by atoms with Crippen molar-refractivity contribution >= 4 is 29.5 Å². The zero-order valence-electron chi connectivity index (χ0n) is 7.92. The summed E-state index contributed by atoms with van der Waals surface area (Å²) in [7, 11) is 1.12. The van der Waals surface area contributed by atoms with Crippen molar-refractivity contribution in [3.05, 3.63) is 53.7 Å². The van der Waals surface area contributed by atoms with E-state index in [4.69, 9.17) is 0 Å². The molecular formula is C12H8NOP. The lowest BCUT2D eigenvalue weighted by atomic mass is 10.3. The second-order valence-electron chi connectivity index (χ2n) is 3.38. The van der Waals surface area contributed by atoms with Gasteiger partial charge in [0.15, 0.2) is 0 Å². The highest BCUT2D eigenvalue weighted by atomic mass is 31.0. The molecule has 0 saturated carbocycles. The van der Waals surface area contributed by atoms with Crippen LogP contribution in [0.3, 0.4) is 0 Å². The third kappa shape index (κ3) is 1.26. The number of hydrogen-bond acceptors (Lipinski definition) is 1. The van der Waals surface area contributed by atoms with Gasteiger partial charge in [-0.3, -0.25) is 0 Å². The fourth-order valence-electron chi connectivity index (χ4n) is 1.72. The van der Waals surface area contributed by atoms with Crippen LogP contribution in [-0.2, 0) is 0 Å². The van der Waals surface area contributed by atoms with Crippen LogP contribution in [-0.4, -0.2) is 0 Å². The molecule has 0 aliphatic carbocycles. The normalized spacial score (nSPS) is 10.9. The Labute approximate surface area is 88.5 Å². The van der Waals surface area contributed by atoms with Crippen LogP contribution in [0.2, 0.25) is 0 Å². The lowest BCUT2D eigenvalue weighted by molar-refractivity contribution is -0.547. The summed E-state index contributed by atoms with van der Waals surface area (Å²) in [6, 6.07) is 15.5. The molecule has 15 heavy (non-hydrogen) atoms. The Bertz CT molecular complexity index is 597. The molecule has 0 saturated heterocycles. The quantitative estimate of drug-likeness (QED) is 0.320. The molecule has 0 fully saturated rings. The molecule has 2 aromatic carbocycles. The highest BCUT2D eigenvalue weighted by Gasteiger charge is 2.08. The van der Waals surface area contributed by atoms with E-state index >= 15 is 0 Å². The molecule has 0 N–H and O–H groups in total. The van der Waals surface area contributed by atoms with Crippen LogP contribution in [0, 0.1) is 5.21 Å². The first-order valence-electron chi connectivity index (χ1n) is 4.73. The maximum absolute atomic E-state index is 12.0. The number of nitrogens with zero attached hydrogens (tertiary/aromatic N) is 1. The molecule has 0 radical (unpaired) electrons. The fraction of sp³-hybridized carbons (Fsp3) is 0. The van der Waals surface area contributed by atoms with Crippen molar-refractivity contribution in [3.63, 3.8) is 0 Å². The van der Waals surface area contributed by atoms with E-state index in [0.29, 0.717) is 0 Å². The summed E-state index contributed by atoms with van der Waals surface area (Å²) in [4.78, 5) is 0. The van der Waals surface area contributed by atoms with Gasteiger partial charge in [0.05, 0.1) is 10.2 Å². The molecule has 1 aromatic heterocycles. The summed E-state index contributed by atoms with van der Waals surface area (Å²) in [5.41, 5.74) is 1.52. The van der Waals surface area contributed by atoms with Crippen LogP contribution in [0.25, 0.3) is 21.3 Å². The second-order valence-corrected chi connectivity index (χ2v) is 4.57. The average molecular weight is 213 g/mol. The molecular weight excluding hydrogens is 205 g/mol. The van der Waals surface area contributed by atoms with Crippen LogP contribution in [0.15, 0.2) is 48.5 Å². The molecule has 0 atom stereocenters. The van der Waals surface area contributed by atoms with Gasteiger partial charge in [-0.25, -0.2) is 0 Å². The number of aromatic nitrogens is 1. The number of rotatable bonds is 0. The maximum Gasteiger partial charge on any atom is 0.228 e. The Morgan fingerprint density at radius 3 is 1.80 bits per heavy atom. The van der Waals surface area contributed by atoms with Gasteiger partial charge in [0.25, 0.3) is 0 Å². The number of para-hydroxylation sites is 2. The summed E-state index contributed by atoms with van der Waals surface area (Å²) >= 11 is 0. The molecule has 0 aliphatic rings. The summed E-state index contributed by atoms with van der Waals surface area (Å²) in [5, 5.41) is 14.2. The van der Waals surface area contributed by atoms with E-state index in [-0.39, 0.29) is 0 Å². The van der Waals surface area contributed by atoms with Crippen molar-refractivity contribution < 1.29 is 4.73 Å². The third-order valence-corrected chi connectivity index (χ3v) is 3.68. The Morgan fingerprint density at radius 1 is 0.800 bits per heavy atom. The Kier molecular flexibility index (Phi) is 1.83. The summed E-state index contributed by atoms with van der Waals surface area (Å²) in [5.74, 6) is 0.